The molecule has 0 bridgehead atoms. The topological polar surface area (TPSA) is 39.3 Å². The molecule has 0 aliphatic heterocycles. The number of benzene rings is 2. The molecule has 1 atom stereocenters. The normalized spacial score (nSPS) is 14.4. The Morgan fingerprint density at radius 3 is 2.41 bits per heavy atom. The number of rotatable bonds is 5. The molecule has 1 unspecified atom stereocenters. The summed E-state index contributed by atoms with van der Waals surface area (Å²) in [6.07, 6.45) is 2.58. The summed E-state index contributed by atoms with van der Waals surface area (Å²) < 4.78 is 0. The minimum Gasteiger partial charge on any atom is -0.380 e. The van der Waals surface area contributed by atoms with Gasteiger partial charge in [0.2, 0.25) is 0 Å². The predicted molar refractivity (Wildman–Crippen MR) is 90.9 cm³/mol. The molecule has 2 N–H and O–H groups in total. The zero-order chi connectivity index (χ0) is 15.6. The molecule has 0 spiro atoms. The summed E-state index contributed by atoms with van der Waals surface area (Å²) in [7, 11) is 4.06. The molecule has 1 aromatic heterocycles. The van der Waals surface area contributed by atoms with Crippen molar-refractivity contribution in [3.8, 4) is 0 Å². The van der Waals surface area contributed by atoms with Crippen molar-refractivity contribution in [2.45, 2.75) is 12.0 Å². The van der Waals surface area contributed by atoms with Crippen molar-refractivity contribution in [3.05, 3.63) is 71.9 Å². The smallest absolute Gasteiger partial charge is 0.118 e. The lowest BCUT2D eigenvalue weighted by Crippen LogP contribution is -2.31. The van der Waals surface area contributed by atoms with Gasteiger partial charge in [0.15, 0.2) is 0 Å². The molecule has 1 heterocycles. The second-order valence-corrected chi connectivity index (χ2v) is 6.03. The highest BCUT2D eigenvalue weighted by Crippen LogP contribution is 2.37. The number of hydrogen-bond acceptors (Lipinski definition) is 2. The fourth-order valence-corrected chi connectivity index (χ4v) is 2.95. The van der Waals surface area contributed by atoms with E-state index in [4.69, 9.17) is 0 Å². The van der Waals surface area contributed by atoms with Crippen LogP contribution in [0.25, 0.3) is 10.9 Å². The first-order valence-corrected chi connectivity index (χ1v) is 7.60. The van der Waals surface area contributed by atoms with Gasteiger partial charge in [0.25, 0.3) is 0 Å². The van der Waals surface area contributed by atoms with Crippen LogP contribution in [0.3, 0.4) is 0 Å². The number of aromatic amines is 1. The lowest BCUT2D eigenvalue weighted by molar-refractivity contribution is 0.0644. The zero-order valence-electron chi connectivity index (χ0n) is 13.1. The monoisotopic (exact) mass is 294 g/mol. The molecule has 3 aromatic rings. The van der Waals surface area contributed by atoms with Gasteiger partial charge in [-0.3, -0.25) is 0 Å². The molecule has 2 aromatic carbocycles. The summed E-state index contributed by atoms with van der Waals surface area (Å²) in [5.41, 5.74) is 1.93. The summed E-state index contributed by atoms with van der Waals surface area (Å²) in [6.45, 7) is 0.810. The van der Waals surface area contributed by atoms with Crippen molar-refractivity contribution < 1.29 is 5.11 Å². The maximum atomic E-state index is 11.5. The van der Waals surface area contributed by atoms with Gasteiger partial charge < -0.3 is 15.0 Å². The van der Waals surface area contributed by atoms with Crippen LogP contribution in [0.2, 0.25) is 0 Å². The lowest BCUT2D eigenvalue weighted by atomic mass is 9.83. The fourth-order valence-electron chi connectivity index (χ4n) is 2.95. The van der Waals surface area contributed by atoms with Crippen molar-refractivity contribution in [3.63, 3.8) is 0 Å². The Hall–Kier alpha value is -2.10. The van der Waals surface area contributed by atoms with Crippen LogP contribution >= 0.6 is 0 Å². The second-order valence-electron chi connectivity index (χ2n) is 6.03. The third kappa shape index (κ3) is 2.65. The number of aromatic nitrogens is 1. The van der Waals surface area contributed by atoms with E-state index in [1.807, 2.05) is 68.8 Å². The molecule has 22 heavy (non-hydrogen) atoms. The first-order valence-electron chi connectivity index (χ1n) is 7.60. The second kappa shape index (κ2) is 5.95. The van der Waals surface area contributed by atoms with Crippen LogP contribution in [0.1, 0.15) is 17.5 Å². The van der Waals surface area contributed by atoms with Crippen LogP contribution in [-0.2, 0) is 5.60 Å². The van der Waals surface area contributed by atoms with E-state index < -0.39 is 5.60 Å². The van der Waals surface area contributed by atoms with Gasteiger partial charge in [-0.25, -0.2) is 0 Å². The van der Waals surface area contributed by atoms with Crippen LogP contribution in [0.4, 0.5) is 0 Å². The molecule has 3 rings (SSSR count). The van der Waals surface area contributed by atoms with E-state index in [0.717, 1.165) is 28.6 Å². The Bertz CT molecular complexity index is 748. The van der Waals surface area contributed by atoms with E-state index in [9.17, 15) is 5.11 Å². The summed E-state index contributed by atoms with van der Waals surface area (Å²) in [5, 5.41) is 12.6. The van der Waals surface area contributed by atoms with Crippen molar-refractivity contribution in [1.82, 2.24) is 9.88 Å². The maximum Gasteiger partial charge on any atom is 0.118 e. The highest BCUT2D eigenvalue weighted by Gasteiger charge is 2.33. The van der Waals surface area contributed by atoms with Crippen LogP contribution < -0.4 is 0 Å². The Labute approximate surface area is 131 Å². The summed E-state index contributed by atoms with van der Waals surface area (Å²) in [6, 6.07) is 18.0. The molecule has 3 nitrogen and oxygen atoms in total. The molecular weight excluding hydrogens is 272 g/mol. The molecule has 0 radical (unpaired) electrons. The Morgan fingerprint density at radius 2 is 1.68 bits per heavy atom. The predicted octanol–water partition coefficient (Wildman–Crippen LogP) is 3.36. The van der Waals surface area contributed by atoms with Gasteiger partial charge in [-0.2, -0.15) is 0 Å². The first kappa shape index (κ1) is 14.8. The van der Waals surface area contributed by atoms with Crippen molar-refractivity contribution in [2.24, 2.45) is 0 Å². The average Bonchev–Trinajstić information content (AvgIpc) is 2.98. The van der Waals surface area contributed by atoms with E-state index in [1.54, 1.807) is 0 Å². The van der Waals surface area contributed by atoms with Crippen LogP contribution in [0, 0.1) is 0 Å². The number of fused-ring (bicyclic) bond motifs is 1. The lowest BCUT2D eigenvalue weighted by Gasteiger charge is -2.30. The quantitative estimate of drug-likeness (QED) is 0.757. The number of nitrogens with one attached hydrogen (secondary N) is 1. The number of para-hydroxylation sites is 1. The molecule has 0 saturated heterocycles. The highest BCUT2D eigenvalue weighted by molar-refractivity contribution is 5.84. The van der Waals surface area contributed by atoms with E-state index in [1.165, 1.54) is 0 Å². The SMILES string of the molecule is CN(C)CCC(O)(c1ccccc1)c1c[nH]c2ccccc12. The van der Waals surface area contributed by atoms with Crippen molar-refractivity contribution >= 4 is 10.9 Å². The first-order chi connectivity index (χ1) is 10.6. The molecule has 0 saturated carbocycles. The largest absolute Gasteiger partial charge is 0.380 e. The standard InChI is InChI=1S/C19H22N2O/c1-21(2)13-12-19(22,15-8-4-3-5-9-15)17-14-20-18-11-7-6-10-16(17)18/h3-11,14,20,22H,12-13H2,1-2H3. The molecule has 3 heteroatoms. The van der Waals surface area contributed by atoms with Gasteiger partial charge in [0.1, 0.15) is 5.60 Å². The highest BCUT2D eigenvalue weighted by atomic mass is 16.3. The van der Waals surface area contributed by atoms with Gasteiger partial charge >= 0.3 is 0 Å². The Morgan fingerprint density at radius 1 is 1.00 bits per heavy atom. The third-order valence-corrected chi connectivity index (χ3v) is 4.21. The van der Waals surface area contributed by atoms with Gasteiger partial charge in [-0.1, -0.05) is 48.5 Å². The number of H-pyrrole nitrogens is 1. The summed E-state index contributed by atoms with van der Waals surface area (Å²) in [5.74, 6) is 0. The van der Waals surface area contributed by atoms with Crippen LogP contribution in [0.5, 0.6) is 0 Å². The number of hydrogen-bond donors (Lipinski definition) is 2. The van der Waals surface area contributed by atoms with Crippen molar-refractivity contribution in [2.75, 3.05) is 20.6 Å². The minimum atomic E-state index is -0.995. The molecular formula is C19H22N2O. The molecule has 0 fully saturated rings. The van der Waals surface area contributed by atoms with E-state index in [0.29, 0.717) is 6.42 Å². The maximum absolute atomic E-state index is 11.5. The fraction of sp³-hybridized carbons (Fsp3) is 0.263. The van der Waals surface area contributed by atoms with Crippen LogP contribution in [-0.4, -0.2) is 35.6 Å². The van der Waals surface area contributed by atoms with E-state index in [-0.39, 0.29) is 0 Å². The van der Waals surface area contributed by atoms with E-state index in [2.05, 4.69) is 16.0 Å². The zero-order valence-corrected chi connectivity index (χ0v) is 13.1. The number of nitrogens with zero attached hydrogens (tertiary/aromatic N) is 1. The molecule has 0 aliphatic carbocycles. The van der Waals surface area contributed by atoms with E-state index >= 15 is 0 Å². The van der Waals surface area contributed by atoms with Crippen molar-refractivity contribution in [1.29, 1.82) is 0 Å². The average molecular weight is 294 g/mol. The van der Waals surface area contributed by atoms with Gasteiger partial charge in [0, 0.05) is 29.2 Å². The summed E-state index contributed by atoms with van der Waals surface area (Å²) >= 11 is 0. The van der Waals surface area contributed by atoms with Gasteiger partial charge in [-0.05, 0) is 32.1 Å². The van der Waals surface area contributed by atoms with Gasteiger partial charge in [0.05, 0.1) is 0 Å². The molecule has 0 aliphatic rings. The Kier molecular flexibility index (Phi) is 4.01. The van der Waals surface area contributed by atoms with Gasteiger partial charge in [-0.15, -0.1) is 0 Å². The number of aliphatic hydroxyl groups is 1. The summed E-state index contributed by atoms with van der Waals surface area (Å²) in [4.78, 5) is 5.38. The molecule has 114 valence electrons. The van der Waals surface area contributed by atoms with Crippen LogP contribution in [0.15, 0.2) is 60.8 Å². The molecule has 0 amide bonds. The third-order valence-electron chi connectivity index (χ3n) is 4.21. The minimum absolute atomic E-state index is 0.645. The Balaban J connectivity index is 2.13.